The molecular formula is C18H15Cl2FN2O. The van der Waals surface area contributed by atoms with Gasteiger partial charge in [-0.05, 0) is 30.2 Å². The lowest BCUT2D eigenvalue weighted by Crippen LogP contribution is -2.25. The number of hydrazone groups is 1. The number of halogens is 3. The first-order valence-corrected chi connectivity index (χ1v) is 8.28. The molecule has 0 aromatic heterocycles. The van der Waals surface area contributed by atoms with Gasteiger partial charge in [-0.1, -0.05) is 53.0 Å². The fraction of sp³-hybridized carbons (Fsp3) is 0.222. The number of hydrogen-bond acceptors (Lipinski definition) is 2. The first-order chi connectivity index (χ1) is 11.4. The Morgan fingerprint density at radius 1 is 1.21 bits per heavy atom. The minimum atomic E-state index is -0.589. The Morgan fingerprint density at radius 2 is 1.92 bits per heavy atom. The summed E-state index contributed by atoms with van der Waals surface area (Å²) in [5, 5.41) is 6.02. The maximum atomic E-state index is 13.6. The Balaban J connectivity index is 1.75. The van der Waals surface area contributed by atoms with Crippen LogP contribution in [0.2, 0.25) is 10.0 Å². The second kappa shape index (κ2) is 6.91. The fourth-order valence-electron chi connectivity index (χ4n) is 2.54. The summed E-state index contributed by atoms with van der Waals surface area (Å²) < 4.78 is 13.6. The highest BCUT2D eigenvalue weighted by Crippen LogP contribution is 2.25. The topological polar surface area (TPSA) is 32.7 Å². The molecule has 0 atom stereocenters. The van der Waals surface area contributed by atoms with Crippen molar-refractivity contribution in [1.82, 2.24) is 5.01 Å². The standard InChI is InChI=1S/C18H15Cl2FN2O/c1-11-2-4-12(5-3-11)17-6-7-23(22-17)18(24)9-13-8-16(21)15(20)10-14(13)19/h2-5,8,10H,6-7,9H2,1H3. The van der Waals surface area contributed by atoms with E-state index in [0.29, 0.717) is 18.5 Å². The summed E-state index contributed by atoms with van der Waals surface area (Å²) in [5.41, 5.74) is 3.45. The third kappa shape index (κ3) is 3.60. The van der Waals surface area contributed by atoms with E-state index in [9.17, 15) is 9.18 Å². The zero-order valence-corrected chi connectivity index (χ0v) is 14.5. The van der Waals surface area contributed by atoms with Crippen LogP contribution in [0.4, 0.5) is 4.39 Å². The number of rotatable bonds is 3. The van der Waals surface area contributed by atoms with Gasteiger partial charge in [-0.25, -0.2) is 9.40 Å². The average Bonchev–Trinajstić information content (AvgIpc) is 3.03. The molecule has 1 aliphatic rings. The van der Waals surface area contributed by atoms with E-state index >= 15 is 0 Å². The third-order valence-electron chi connectivity index (χ3n) is 3.91. The van der Waals surface area contributed by atoms with Crippen LogP contribution >= 0.6 is 23.2 Å². The molecule has 2 aromatic carbocycles. The summed E-state index contributed by atoms with van der Waals surface area (Å²) in [7, 11) is 0. The van der Waals surface area contributed by atoms with Crippen LogP contribution in [0.5, 0.6) is 0 Å². The molecule has 0 radical (unpaired) electrons. The van der Waals surface area contributed by atoms with Crippen LogP contribution in [0, 0.1) is 12.7 Å². The molecular weight excluding hydrogens is 350 g/mol. The molecule has 124 valence electrons. The van der Waals surface area contributed by atoms with E-state index in [4.69, 9.17) is 23.2 Å². The molecule has 0 spiro atoms. The number of benzene rings is 2. The van der Waals surface area contributed by atoms with Gasteiger partial charge in [-0.2, -0.15) is 5.10 Å². The van der Waals surface area contributed by atoms with Gasteiger partial charge in [0, 0.05) is 11.4 Å². The highest BCUT2D eigenvalue weighted by Gasteiger charge is 2.22. The van der Waals surface area contributed by atoms with Gasteiger partial charge in [0.15, 0.2) is 0 Å². The molecule has 0 fully saturated rings. The smallest absolute Gasteiger partial charge is 0.247 e. The van der Waals surface area contributed by atoms with Gasteiger partial charge in [0.1, 0.15) is 5.82 Å². The molecule has 6 heteroatoms. The minimum absolute atomic E-state index is 0.0163. The lowest BCUT2D eigenvalue weighted by atomic mass is 10.1. The third-order valence-corrected chi connectivity index (χ3v) is 4.55. The molecule has 3 nitrogen and oxygen atoms in total. The molecule has 0 saturated carbocycles. The van der Waals surface area contributed by atoms with Crippen molar-refractivity contribution in [3.63, 3.8) is 0 Å². The molecule has 0 aliphatic carbocycles. The second-order valence-corrected chi connectivity index (χ2v) is 6.53. The van der Waals surface area contributed by atoms with Crippen LogP contribution in [0.1, 0.15) is 23.1 Å². The molecule has 1 amide bonds. The Bertz CT molecular complexity index is 819. The summed E-state index contributed by atoms with van der Waals surface area (Å²) in [6.45, 7) is 2.53. The Kier molecular flexibility index (Phi) is 4.88. The average molecular weight is 365 g/mol. The molecule has 0 unspecified atom stereocenters. The maximum absolute atomic E-state index is 13.6. The van der Waals surface area contributed by atoms with Crippen molar-refractivity contribution in [1.29, 1.82) is 0 Å². The highest BCUT2D eigenvalue weighted by molar-refractivity contribution is 6.35. The summed E-state index contributed by atoms with van der Waals surface area (Å²) in [5.74, 6) is -0.810. The first kappa shape index (κ1) is 16.9. The summed E-state index contributed by atoms with van der Waals surface area (Å²) in [4.78, 5) is 12.4. The van der Waals surface area contributed by atoms with Crippen LogP contribution in [0.25, 0.3) is 0 Å². The van der Waals surface area contributed by atoms with E-state index in [-0.39, 0.29) is 22.4 Å². The van der Waals surface area contributed by atoms with Crippen molar-refractivity contribution < 1.29 is 9.18 Å². The Labute approximate surface area is 149 Å². The fourth-order valence-corrected chi connectivity index (χ4v) is 2.99. The van der Waals surface area contributed by atoms with Crippen LogP contribution in [0.3, 0.4) is 0 Å². The van der Waals surface area contributed by atoms with E-state index in [2.05, 4.69) is 5.10 Å². The zero-order valence-electron chi connectivity index (χ0n) is 13.0. The molecule has 1 aliphatic heterocycles. The second-order valence-electron chi connectivity index (χ2n) is 5.71. The zero-order chi connectivity index (χ0) is 17.3. The van der Waals surface area contributed by atoms with Crippen molar-refractivity contribution in [2.45, 2.75) is 19.8 Å². The molecule has 0 N–H and O–H groups in total. The number of amides is 1. The van der Waals surface area contributed by atoms with Gasteiger partial charge in [0.25, 0.3) is 0 Å². The van der Waals surface area contributed by atoms with Gasteiger partial charge in [0.05, 0.1) is 23.7 Å². The Morgan fingerprint density at radius 3 is 2.62 bits per heavy atom. The van der Waals surface area contributed by atoms with E-state index in [1.54, 1.807) is 0 Å². The largest absolute Gasteiger partial charge is 0.273 e. The van der Waals surface area contributed by atoms with Crippen LogP contribution in [0.15, 0.2) is 41.5 Å². The predicted octanol–water partition coefficient (Wildman–Crippen LogP) is 4.62. The van der Waals surface area contributed by atoms with Crippen LogP contribution in [-0.4, -0.2) is 23.2 Å². The number of carbonyl (C=O) groups is 1. The van der Waals surface area contributed by atoms with E-state index in [0.717, 1.165) is 11.3 Å². The summed E-state index contributed by atoms with van der Waals surface area (Å²) in [6, 6.07) is 10.5. The molecule has 1 heterocycles. The van der Waals surface area contributed by atoms with Gasteiger partial charge in [0.2, 0.25) is 5.91 Å². The lowest BCUT2D eigenvalue weighted by Gasteiger charge is -2.12. The van der Waals surface area contributed by atoms with E-state index in [1.807, 2.05) is 31.2 Å². The summed E-state index contributed by atoms with van der Waals surface area (Å²) >= 11 is 11.7. The monoisotopic (exact) mass is 364 g/mol. The van der Waals surface area contributed by atoms with Gasteiger partial charge in [-0.3, -0.25) is 4.79 Å². The van der Waals surface area contributed by atoms with Crippen molar-refractivity contribution in [3.05, 3.63) is 69.0 Å². The van der Waals surface area contributed by atoms with E-state index in [1.165, 1.54) is 22.7 Å². The highest BCUT2D eigenvalue weighted by atomic mass is 35.5. The van der Waals surface area contributed by atoms with Crippen molar-refractivity contribution >= 4 is 34.8 Å². The molecule has 3 rings (SSSR count). The first-order valence-electron chi connectivity index (χ1n) is 7.52. The Hall–Kier alpha value is -1.91. The predicted molar refractivity (Wildman–Crippen MR) is 94.2 cm³/mol. The molecule has 2 aromatic rings. The molecule has 24 heavy (non-hydrogen) atoms. The lowest BCUT2D eigenvalue weighted by molar-refractivity contribution is -0.130. The van der Waals surface area contributed by atoms with Crippen LogP contribution < -0.4 is 0 Å². The molecule has 0 bridgehead atoms. The number of carbonyl (C=O) groups excluding carboxylic acids is 1. The van der Waals surface area contributed by atoms with Gasteiger partial charge < -0.3 is 0 Å². The van der Waals surface area contributed by atoms with Gasteiger partial charge >= 0.3 is 0 Å². The SMILES string of the molecule is Cc1ccc(C2=NN(C(=O)Cc3cc(F)c(Cl)cc3Cl)CC2)cc1. The van der Waals surface area contributed by atoms with Gasteiger partial charge in [-0.15, -0.1) is 0 Å². The molecule has 0 saturated heterocycles. The number of hydrogen-bond donors (Lipinski definition) is 0. The number of aryl methyl sites for hydroxylation is 1. The number of nitrogens with zero attached hydrogens (tertiary/aromatic N) is 2. The summed E-state index contributed by atoms with van der Waals surface area (Å²) in [6.07, 6.45) is 0.676. The minimum Gasteiger partial charge on any atom is -0.273 e. The quantitative estimate of drug-likeness (QED) is 0.731. The maximum Gasteiger partial charge on any atom is 0.247 e. The van der Waals surface area contributed by atoms with E-state index < -0.39 is 5.82 Å². The van der Waals surface area contributed by atoms with Crippen molar-refractivity contribution in [3.8, 4) is 0 Å². The van der Waals surface area contributed by atoms with Crippen LogP contribution in [-0.2, 0) is 11.2 Å². The van der Waals surface area contributed by atoms with Crippen molar-refractivity contribution in [2.24, 2.45) is 5.10 Å². The normalized spacial score (nSPS) is 14.0. The van der Waals surface area contributed by atoms with Crippen molar-refractivity contribution in [2.75, 3.05) is 6.54 Å².